The van der Waals surface area contributed by atoms with Crippen molar-refractivity contribution < 1.29 is 23.9 Å². The van der Waals surface area contributed by atoms with E-state index in [0.717, 1.165) is 22.3 Å². The maximum Gasteiger partial charge on any atom is 0.285 e. The zero-order valence-corrected chi connectivity index (χ0v) is 22.7. The molecule has 194 valence electrons. The molecule has 0 atom stereocenters. The number of thioether (sulfide) groups is 1. The van der Waals surface area contributed by atoms with E-state index in [2.05, 4.69) is 10.7 Å². The number of carbonyl (C=O) groups is 3. The molecule has 4 rings (SSSR count). The Bertz CT molecular complexity index is 1440. The highest BCUT2D eigenvalue weighted by atomic mass is 35.5. The molecule has 3 amide bonds. The van der Waals surface area contributed by atoms with Crippen molar-refractivity contribution in [3.05, 3.63) is 93.3 Å². The zero-order valence-electron chi connectivity index (χ0n) is 20.3. The molecule has 11 heteroatoms. The molecule has 0 unspecified atom stereocenters. The number of hydrazine groups is 1. The average Bonchev–Trinajstić information content (AvgIpc) is 3.16. The summed E-state index contributed by atoms with van der Waals surface area (Å²) in [5.41, 5.74) is 5.16. The van der Waals surface area contributed by atoms with Crippen LogP contribution in [0.2, 0.25) is 5.02 Å². The van der Waals surface area contributed by atoms with Crippen LogP contribution in [-0.2, 0) is 9.59 Å². The van der Waals surface area contributed by atoms with Gasteiger partial charge in [-0.25, -0.2) is 0 Å². The maximum absolute atomic E-state index is 12.9. The van der Waals surface area contributed by atoms with Gasteiger partial charge in [0.15, 0.2) is 22.4 Å². The van der Waals surface area contributed by atoms with E-state index in [-0.39, 0.29) is 16.8 Å². The number of nitrogens with zero attached hydrogens (tertiary/aromatic N) is 1. The molecule has 1 saturated heterocycles. The zero-order chi connectivity index (χ0) is 27.2. The fourth-order valence-corrected chi connectivity index (χ4v) is 4.72. The highest BCUT2D eigenvalue weighted by Gasteiger charge is 2.33. The first-order valence-corrected chi connectivity index (χ1v) is 12.9. The molecule has 0 radical (unpaired) electrons. The van der Waals surface area contributed by atoms with Crippen LogP contribution < -0.4 is 20.2 Å². The summed E-state index contributed by atoms with van der Waals surface area (Å²) in [5.74, 6) is -0.514. The van der Waals surface area contributed by atoms with E-state index >= 15 is 0 Å². The Kier molecular flexibility index (Phi) is 8.67. The molecule has 0 saturated carbocycles. The number of thiocarbonyl (C=S) groups is 1. The van der Waals surface area contributed by atoms with E-state index < -0.39 is 11.8 Å². The van der Waals surface area contributed by atoms with Crippen molar-refractivity contribution in [1.29, 1.82) is 0 Å². The number of anilines is 1. The van der Waals surface area contributed by atoms with Gasteiger partial charge in [-0.1, -0.05) is 47.6 Å². The number of carbonyl (C=O) groups excluding carboxylic acids is 3. The minimum absolute atomic E-state index is 0.190. The van der Waals surface area contributed by atoms with E-state index in [1.807, 2.05) is 31.2 Å². The first-order valence-electron chi connectivity index (χ1n) is 11.3. The molecule has 1 heterocycles. The topological polar surface area (TPSA) is 97.0 Å². The Balaban J connectivity index is 1.41. The van der Waals surface area contributed by atoms with Gasteiger partial charge in [-0.15, -0.1) is 0 Å². The summed E-state index contributed by atoms with van der Waals surface area (Å²) in [6.45, 7) is 1.69. The Morgan fingerprint density at radius 2 is 1.82 bits per heavy atom. The fourth-order valence-electron chi connectivity index (χ4n) is 3.42. The molecule has 0 aromatic heterocycles. The van der Waals surface area contributed by atoms with Crippen molar-refractivity contribution >= 4 is 69.4 Å². The molecule has 1 fully saturated rings. The Morgan fingerprint density at radius 3 is 2.53 bits per heavy atom. The monoisotopic (exact) mass is 567 g/mol. The molecule has 3 aromatic carbocycles. The number of hydrogen-bond donors (Lipinski definition) is 2. The third-order valence-corrected chi connectivity index (χ3v) is 6.93. The Morgan fingerprint density at radius 1 is 1.08 bits per heavy atom. The number of methoxy groups -OCH3 is 1. The van der Waals surface area contributed by atoms with Gasteiger partial charge in [0.25, 0.3) is 17.7 Å². The van der Waals surface area contributed by atoms with Crippen LogP contribution >= 0.6 is 35.6 Å². The van der Waals surface area contributed by atoms with E-state index in [0.29, 0.717) is 38.2 Å². The van der Waals surface area contributed by atoms with E-state index in [4.69, 9.17) is 33.3 Å². The first kappa shape index (κ1) is 27.2. The molecule has 2 N–H and O–H groups in total. The van der Waals surface area contributed by atoms with Gasteiger partial charge in [0, 0.05) is 16.3 Å². The summed E-state index contributed by atoms with van der Waals surface area (Å²) >= 11 is 12.2. The minimum Gasteiger partial charge on any atom is -0.493 e. The smallest absolute Gasteiger partial charge is 0.285 e. The lowest BCUT2D eigenvalue weighted by atomic mass is 10.2. The molecule has 3 aromatic rings. The predicted octanol–water partition coefficient (Wildman–Crippen LogP) is 5.22. The number of benzene rings is 3. The lowest BCUT2D eigenvalue weighted by Crippen LogP contribution is -2.44. The fraction of sp³-hybridized carbons (Fsp3) is 0.111. The van der Waals surface area contributed by atoms with Crippen molar-refractivity contribution in [1.82, 2.24) is 10.4 Å². The van der Waals surface area contributed by atoms with Crippen molar-refractivity contribution in [2.75, 3.05) is 19.0 Å². The SMILES string of the molecule is COc1cc(/C=C2\SC(=S)N(NC(=O)c3ccc(Cl)cc3)C2=O)ccc1OCC(=O)Nc1ccccc1C. The molecule has 1 aliphatic heterocycles. The van der Waals surface area contributed by atoms with Crippen LogP contribution in [0.4, 0.5) is 5.69 Å². The van der Waals surface area contributed by atoms with Gasteiger partial charge < -0.3 is 14.8 Å². The number of amides is 3. The van der Waals surface area contributed by atoms with Crippen LogP contribution in [0.25, 0.3) is 6.08 Å². The molecular formula is C27H22ClN3O5S2. The average molecular weight is 568 g/mol. The molecule has 0 spiro atoms. The Hall–Kier alpha value is -3.86. The van der Waals surface area contributed by atoms with E-state index in [1.165, 1.54) is 7.11 Å². The number of para-hydroxylation sites is 1. The van der Waals surface area contributed by atoms with Crippen LogP contribution in [0.15, 0.2) is 71.6 Å². The number of halogens is 1. The minimum atomic E-state index is -0.492. The van der Waals surface area contributed by atoms with Gasteiger partial charge in [-0.2, -0.15) is 5.01 Å². The standard InChI is InChI=1S/C27H22ClN3O5S2/c1-16-5-3-4-6-20(16)29-24(32)15-36-21-12-7-17(13-22(21)35-2)14-23-26(34)31(27(37)38-23)30-25(33)18-8-10-19(28)11-9-18/h3-14H,15H2,1-2H3,(H,29,32)(H,30,33)/b23-14-. The van der Waals surface area contributed by atoms with Gasteiger partial charge in [0.05, 0.1) is 12.0 Å². The van der Waals surface area contributed by atoms with Gasteiger partial charge in [-0.3, -0.25) is 19.8 Å². The number of aryl methyl sites for hydroxylation is 1. The quantitative estimate of drug-likeness (QED) is 0.284. The van der Waals surface area contributed by atoms with Crippen molar-refractivity contribution in [3.63, 3.8) is 0 Å². The number of rotatable bonds is 8. The largest absolute Gasteiger partial charge is 0.493 e. The van der Waals surface area contributed by atoms with Gasteiger partial charge >= 0.3 is 0 Å². The highest BCUT2D eigenvalue weighted by Crippen LogP contribution is 2.34. The number of hydrogen-bond acceptors (Lipinski definition) is 7. The molecule has 1 aliphatic rings. The van der Waals surface area contributed by atoms with E-state index in [9.17, 15) is 14.4 Å². The summed E-state index contributed by atoms with van der Waals surface area (Å²) in [6, 6.07) is 18.7. The highest BCUT2D eigenvalue weighted by molar-refractivity contribution is 8.26. The van der Waals surface area contributed by atoms with Crippen LogP contribution in [0.1, 0.15) is 21.5 Å². The molecule has 8 nitrogen and oxygen atoms in total. The van der Waals surface area contributed by atoms with E-state index in [1.54, 1.807) is 48.5 Å². The maximum atomic E-state index is 12.9. The first-order chi connectivity index (χ1) is 18.2. The third-order valence-electron chi connectivity index (χ3n) is 5.38. The van der Waals surface area contributed by atoms with Crippen molar-refractivity contribution in [3.8, 4) is 11.5 Å². The lowest BCUT2D eigenvalue weighted by molar-refractivity contribution is -0.123. The Labute approximate surface area is 233 Å². The molecular weight excluding hydrogens is 546 g/mol. The second-order valence-corrected chi connectivity index (χ2v) is 10.1. The second kappa shape index (κ2) is 12.1. The molecule has 0 bridgehead atoms. The van der Waals surface area contributed by atoms with Crippen LogP contribution in [0.3, 0.4) is 0 Å². The molecule has 0 aliphatic carbocycles. The normalized spacial score (nSPS) is 14.0. The van der Waals surface area contributed by atoms with Gasteiger partial charge in [0.2, 0.25) is 0 Å². The molecule has 38 heavy (non-hydrogen) atoms. The lowest BCUT2D eigenvalue weighted by Gasteiger charge is -2.15. The van der Waals surface area contributed by atoms with Crippen LogP contribution in [-0.4, -0.2) is 40.8 Å². The summed E-state index contributed by atoms with van der Waals surface area (Å²) in [6.07, 6.45) is 1.63. The van der Waals surface area contributed by atoms with Crippen LogP contribution in [0.5, 0.6) is 11.5 Å². The summed E-state index contributed by atoms with van der Waals surface area (Å²) in [5, 5.41) is 4.34. The summed E-state index contributed by atoms with van der Waals surface area (Å²) in [4.78, 5) is 38.1. The summed E-state index contributed by atoms with van der Waals surface area (Å²) in [7, 11) is 1.48. The predicted molar refractivity (Wildman–Crippen MR) is 152 cm³/mol. The second-order valence-electron chi connectivity index (χ2n) is 8.03. The summed E-state index contributed by atoms with van der Waals surface area (Å²) < 4.78 is 11.3. The van der Waals surface area contributed by atoms with Gasteiger partial charge in [0.1, 0.15) is 0 Å². The number of ether oxygens (including phenoxy) is 2. The van der Waals surface area contributed by atoms with Crippen LogP contribution in [0, 0.1) is 6.92 Å². The number of nitrogens with one attached hydrogen (secondary N) is 2. The van der Waals surface area contributed by atoms with Crippen molar-refractivity contribution in [2.24, 2.45) is 0 Å². The van der Waals surface area contributed by atoms with Crippen molar-refractivity contribution in [2.45, 2.75) is 6.92 Å². The third kappa shape index (κ3) is 6.52. The van der Waals surface area contributed by atoms with Gasteiger partial charge in [-0.05, 0) is 78.8 Å².